The lowest BCUT2D eigenvalue weighted by atomic mass is 10.0. The molecule has 5 rings (SSSR count). The number of nitrogens with one attached hydrogen (secondary N) is 2. The number of aliphatic hydroxyl groups excluding tert-OH is 1. The Morgan fingerprint density at radius 2 is 1.82 bits per heavy atom. The highest BCUT2D eigenvalue weighted by molar-refractivity contribution is 6.06. The maximum absolute atomic E-state index is 13.6. The fourth-order valence-corrected chi connectivity index (χ4v) is 5.76. The van der Waals surface area contributed by atoms with Gasteiger partial charge in [0.05, 0.1) is 31.9 Å². The van der Waals surface area contributed by atoms with E-state index in [2.05, 4.69) is 29.5 Å². The third-order valence-corrected chi connectivity index (χ3v) is 8.32. The van der Waals surface area contributed by atoms with Gasteiger partial charge in [0.15, 0.2) is 0 Å². The van der Waals surface area contributed by atoms with Crippen LogP contribution in [0.3, 0.4) is 0 Å². The highest BCUT2D eigenvalue weighted by atomic mass is 16.5. The first-order chi connectivity index (χ1) is 21.7. The Morgan fingerprint density at radius 3 is 2.58 bits per heavy atom. The number of amides is 3. The summed E-state index contributed by atoms with van der Waals surface area (Å²) in [4.78, 5) is 30.6. The predicted molar refractivity (Wildman–Crippen MR) is 178 cm³/mol. The molecule has 3 atom stereocenters. The Balaban J connectivity index is 1.36. The van der Waals surface area contributed by atoms with Gasteiger partial charge in [-0.15, -0.1) is 0 Å². The van der Waals surface area contributed by atoms with Crippen molar-refractivity contribution < 1.29 is 24.2 Å². The van der Waals surface area contributed by atoms with Crippen LogP contribution in [0.25, 0.3) is 10.8 Å². The number of methoxy groups -OCH3 is 1. The number of aliphatic hydroxyl groups is 1. The van der Waals surface area contributed by atoms with E-state index in [1.807, 2.05) is 79.7 Å². The summed E-state index contributed by atoms with van der Waals surface area (Å²) in [5.41, 5.74) is 3.08. The highest BCUT2D eigenvalue weighted by Gasteiger charge is 2.31. The van der Waals surface area contributed by atoms with Crippen molar-refractivity contribution in [3.63, 3.8) is 0 Å². The molecule has 0 fully saturated rings. The molecule has 0 saturated heterocycles. The molecule has 0 aromatic heterocycles. The van der Waals surface area contributed by atoms with Crippen molar-refractivity contribution in [1.82, 2.24) is 9.80 Å². The minimum absolute atomic E-state index is 0.0171. The molecule has 0 radical (unpaired) electrons. The van der Waals surface area contributed by atoms with E-state index in [1.54, 1.807) is 24.1 Å². The minimum atomic E-state index is -0.385. The lowest BCUT2D eigenvalue weighted by Gasteiger charge is -2.34. The second-order valence-electron chi connectivity index (χ2n) is 11.9. The average molecular weight is 611 g/mol. The molecule has 1 aliphatic heterocycles. The monoisotopic (exact) mass is 610 g/mol. The van der Waals surface area contributed by atoms with Gasteiger partial charge >= 0.3 is 6.03 Å². The van der Waals surface area contributed by atoms with Gasteiger partial charge in [0.25, 0.3) is 0 Å². The van der Waals surface area contributed by atoms with Gasteiger partial charge in [0.1, 0.15) is 17.6 Å². The number of benzene rings is 4. The van der Waals surface area contributed by atoms with E-state index in [1.165, 1.54) is 0 Å². The van der Waals surface area contributed by atoms with Crippen LogP contribution in [0.5, 0.6) is 11.5 Å². The summed E-state index contributed by atoms with van der Waals surface area (Å²) in [6.07, 6.45) is -0.152. The zero-order valence-electron chi connectivity index (χ0n) is 26.3. The van der Waals surface area contributed by atoms with Crippen LogP contribution in [-0.2, 0) is 17.8 Å². The number of urea groups is 1. The molecule has 3 amide bonds. The van der Waals surface area contributed by atoms with Gasteiger partial charge in [-0.25, -0.2) is 4.79 Å². The van der Waals surface area contributed by atoms with E-state index in [0.717, 1.165) is 22.1 Å². The SMILES string of the molecule is COc1ccc(CN(C)C[C@H]2Oc3ccc(NC(=O)Nc4cccc5ccccc45)cc3CC(=O)N([C@@H](C)CO)C[C@H]2C)cc1. The standard InChI is InChI=1S/C36H42N4O5/c1-24-20-40(25(2)23-41)35(42)19-28-18-29(37-36(43)38-32-11-7-9-27-8-5-6-10-31(27)32)14-17-33(28)45-34(24)22-39(3)21-26-12-15-30(44-4)16-13-26/h5-18,24-25,34,41H,19-23H2,1-4H3,(H2,37,38,43)/t24-,25+,34-/m1/s1. The van der Waals surface area contributed by atoms with Gasteiger partial charge < -0.3 is 30.1 Å². The summed E-state index contributed by atoms with van der Waals surface area (Å²) < 4.78 is 11.9. The first-order valence-corrected chi connectivity index (χ1v) is 15.3. The first kappa shape index (κ1) is 31.8. The van der Waals surface area contributed by atoms with Crippen molar-refractivity contribution in [3.8, 4) is 11.5 Å². The molecule has 4 aromatic carbocycles. The summed E-state index contributed by atoms with van der Waals surface area (Å²) in [6.45, 7) is 5.58. The molecule has 9 heteroatoms. The second kappa shape index (κ2) is 14.5. The number of carbonyl (C=O) groups is 2. The molecular formula is C36H42N4O5. The number of rotatable bonds is 9. The van der Waals surface area contributed by atoms with Crippen LogP contribution in [0.15, 0.2) is 84.9 Å². The van der Waals surface area contributed by atoms with Gasteiger partial charge in [-0.1, -0.05) is 55.5 Å². The first-order valence-electron chi connectivity index (χ1n) is 15.3. The zero-order chi connectivity index (χ0) is 31.9. The van der Waals surface area contributed by atoms with Gasteiger partial charge in [-0.2, -0.15) is 0 Å². The van der Waals surface area contributed by atoms with Crippen LogP contribution >= 0.6 is 0 Å². The maximum atomic E-state index is 13.6. The minimum Gasteiger partial charge on any atom is -0.497 e. The molecule has 0 bridgehead atoms. The number of nitrogens with zero attached hydrogens (tertiary/aromatic N) is 2. The molecule has 1 heterocycles. The maximum Gasteiger partial charge on any atom is 0.323 e. The van der Waals surface area contributed by atoms with Crippen molar-refractivity contribution in [2.24, 2.45) is 5.92 Å². The van der Waals surface area contributed by atoms with Gasteiger partial charge in [0.2, 0.25) is 5.91 Å². The topological polar surface area (TPSA) is 103 Å². The molecule has 1 aliphatic rings. The fraction of sp³-hybridized carbons (Fsp3) is 0.333. The smallest absolute Gasteiger partial charge is 0.323 e. The lowest BCUT2D eigenvalue weighted by molar-refractivity contribution is -0.134. The number of ether oxygens (including phenoxy) is 2. The molecule has 236 valence electrons. The van der Waals surface area contributed by atoms with E-state index >= 15 is 0 Å². The Bertz CT molecular complexity index is 1620. The van der Waals surface area contributed by atoms with Crippen LogP contribution in [-0.4, -0.2) is 72.8 Å². The van der Waals surface area contributed by atoms with E-state index in [4.69, 9.17) is 9.47 Å². The van der Waals surface area contributed by atoms with Crippen LogP contribution in [0, 0.1) is 5.92 Å². The number of likely N-dealkylation sites (N-methyl/N-ethyl adjacent to an activating group) is 1. The molecule has 0 spiro atoms. The van der Waals surface area contributed by atoms with Gasteiger partial charge in [0, 0.05) is 42.2 Å². The van der Waals surface area contributed by atoms with E-state index < -0.39 is 0 Å². The molecule has 0 saturated carbocycles. The van der Waals surface area contributed by atoms with Crippen molar-refractivity contribution in [1.29, 1.82) is 0 Å². The van der Waals surface area contributed by atoms with E-state index in [0.29, 0.717) is 42.3 Å². The number of fused-ring (bicyclic) bond motifs is 2. The summed E-state index contributed by atoms with van der Waals surface area (Å²) in [7, 11) is 3.70. The van der Waals surface area contributed by atoms with Crippen molar-refractivity contribution in [2.75, 3.05) is 44.5 Å². The Labute approximate surface area is 264 Å². The van der Waals surface area contributed by atoms with Crippen molar-refractivity contribution in [2.45, 2.75) is 39.0 Å². The summed E-state index contributed by atoms with van der Waals surface area (Å²) in [6, 6.07) is 26.3. The van der Waals surface area contributed by atoms with Crippen LogP contribution < -0.4 is 20.1 Å². The van der Waals surface area contributed by atoms with Crippen LogP contribution in [0.1, 0.15) is 25.0 Å². The fourth-order valence-electron chi connectivity index (χ4n) is 5.76. The number of hydrogen-bond acceptors (Lipinski definition) is 6. The number of hydrogen-bond donors (Lipinski definition) is 3. The van der Waals surface area contributed by atoms with E-state index in [-0.39, 0.29) is 43.0 Å². The highest BCUT2D eigenvalue weighted by Crippen LogP contribution is 2.30. The largest absolute Gasteiger partial charge is 0.497 e. The van der Waals surface area contributed by atoms with Crippen molar-refractivity contribution >= 4 is 34.1 Å². The normalized spacial score (nSPS) is 17.5. The summed E-state index contributed by atoms with van der Waals surface area (Å²) in [5.74, 6) is 1.31. The second-order valence-corrected chi connectivity index (χ2v) is 11.9. The number of anilines is 2. The van der Waals surface area contributed by atoms with E-state index in [9.17, 15) is 14.7 Å². The molecule has 4 aromatic rings. The Hall–Kier alpha value is -4.60. The molecule has 9 nitrogen and oxygen atoms in total. The third kappa shape index (κ3) is 7.92. The van der Waals surface area contributed by atoms with Gasteiger partial charge in [-0.05, 0) is 61.3 Å². The average Bonchev–Trinajstić information content (AvgIpc) is 3.08. The number of carbonyl (C=O) groups excluding carboxylic acids is 2. The molecule has 3 N–H and O–H groups in total. The lowest BCUT2D eigenvalue weighted by Crippen LogP contribution is -2.47. The Morgan fingerprint density at radius 1 is 1.07 bits per heavy atom. The summed E-state index contributed by atoms with van der Waals surface area (Å²) >= 11 is 0. The quantitative estimate of drug-likeness (QED) is 0.222. The zero-order valence-corrected chi connectivity index (χ0v) is 26.3. The van der Waals surface area contributed by atoms with Crippen LogP contribution in [0.2, 0.25) is 0 Å². The van der Waals surface area contributed by atoms with Crippen LogP contribution in [0.4, 0.5) is 16.2 Å². The molecule has 0 aliphatic carbocycles. The molecule has 0 unspecified atom stereocenters. The Kier molecular flexibility index (Phi) is 10.2. The third-order valence-electron chi connectivity index (χ3n) is 8.32. The summed E-state index contributed by atoms with van der Waals surface area (Å²) in [5, 5.41) is 17.8. The molecular weight excluding hydrogens is 568 g/mol. The predicted octanol–water partition coefficient (Wildman–Crippen LogP) is 5.77. The van der Waals surface area contributed by atoms with Gasteiger partial charge in [-0.3, -0.25) is 9.69 Å². The van der Waals surface area contributed by atoms with Crippen molar-refractivity contribution in [3.05, 3.63) is 96.1 Å². The molecule has 45 heavy (non-hydrogen) atoms.